The van der Waals surface area contributed by atoms with Crippen LogP contribution >= 0.6 is 0 Å². The highest BCUT2D eigenvalue weighted by molar-refractivity contribution is 6.00. The maximum atomic E-state index is 11.4. The fraction of sp³-hybridized carbons (Fsp3) is 0. The number of hydroxylamine groups is 1. The second kappa shape index (κ2) is 4.55. The van der Waals surface area contributed by atoms with Crippen molar-refractivity contribution in [3.8, 4) is 11.3 Å². The van der Waals surface area contributed by atoms with Gasteiger partial charge in [-0.05, 0) is 18.2 Å². The summed E-state index contributed by atoms with van der Waals surface area (Å²) in [6, 6.07) is 14.4. The number of hydrogen-bond donors (Lipinski definition) is 2. The van der Waals surface area contributed by atoms with E-state index in [2.05, 4.69) is 5.16 Å². The maximum Gasteiger partial charge on any atom is 0.274 e. The van der Waals surface area contributed by atoms with E-state index in [1.165, 1.54) is 0 Å². The van der Waals surface area contributed by atoms with Gasteiger partial charge in [0.2, 0.25) is 0 Å². The number of fused-ring (bicyclic) bond motifs is 1. The van der Waals surface area contributed by atoms with Gasteiger partial charge in [-0.15, -0.1) is 0 Å². The highest BCUT2D eigenvalue weighted by Gasteiger charge is 2.13. The van der Waals surface area contributed by atoms with Crippen molar-refractivity contribution in [3.63, 3.8) is 0 Å². The number of carbonyl (C=O) groups is 1. The Hall–Kier alpha value is -2.66. The van der Waals surface area contributed by atoms with Gasteiger partial charge >= 0.3 is 0 Å². The molecule has 0 aliphatic heterocycles. The third-order valence-corrected chi connectivity index (χ3v) is 2.88. The molecule has 0 aliphatic carbocycles. The van der Waals surface area contributed by atoms with Crippen LogP contribution in [0.3, 0.4) is 0 Å². The monoisotopic (exact) mass is 254 g/mol. The number of carbonyl (C=O) groups excluding carboxylic acids is 1. The Morgan fingerprint density at radius 2 is 1.95 bits per heavy atom. The average molecular weight is 254 g/mol. The highest BCUT2D eigenvalue weighted by Crippen LogP contribution is 2.29. The molecule has 0 saturated carbocycles. The number of nitrogens with one attached hydrogen (secondary N) is 1. The van der Waals surface area contributed by atoms with E-state index >= 15 is 0 Å². The van der Waals surface area contributed by atoms with Crippen LogP contribution in [-0.4, -0.2) is 16.3 Å². The van der Waals surface area contributed by atoms with Gasteiger partial charge in [0.1, 0.15) is 5.52 Å². The third kappa shape index (κ3) is 1.96. The van der Waals surface area contributed by atoms with Crippen LogP contribution in [0.5, 0.6) is 0 Å². The summed E-state index contributed by atoms with van der Waals surface area (Å²) >= 11 is 0. The molecule has 19 heavy (non-hydrogen) atoms. The number of rotatable bonds is 2. The largest absolute Gasteiger partial charge is 0.355 e. The summed E-state index contributed by atoms with van der Waals surface area (Å²) in [7, 11) is 0. The van der Waals surface area contributed by atoms with Gasteiger partial charge in [-0.1, -0.05) is 35.5 Å². The summed E-state index contributed by atoms with van der Waals surface area (Å²) in [4.78, 5) is 11.4. The molecule has 0 bridgehead atoms. The Labute approximate surface area is 108 Å². The first kappa shape index (κ1) is 11.4. The van der Waals surface area contributed by atoms with Crippen molar-refractivity contribution in [2.24, 2.45) is 0 Å². The second-order valence-corrected chi connectivity index (χ2v) is 4.05. The Morgan fingerprint density at radius 3 is 2.68 bits per heavy atom. The molecule has 0 unspecified atom stereocenters. The Bertz CT molecular complexity index is 735. The van der Waals surface area contributed by atoms with Crippen molar-refractivity contribution >= 4 is 16.8 Å². The van der Waals surface area contributed by atoms with Gasteiger partial charge in [0.05, 0.1) is 5.39 Å². The van der Waals surface area contributed by atoms with E-state index in [0.717, 1.165) is 10.9 Å². The predicted octanol–water partition coefficient (Wildman–Crippen LogP) is 2.61. The van der Waals surface area contributed by atoms with Crippen LogP contribution in [0.2, 0.25) is 0 Å². The van der Waals surface area contributed by atoms with Gasteiger partial charge in [0.15, 0.2) is 5.76 Å². The topological polar surface area (TPSA) is 75.4 Å². The number of benzene rings is 2. The lowest BCUT2D eigenvalue weighted by molar-refractivity contribution is 0.0706. The molecule has 2 aromatic carbocycles. The molecule has 0 fully saturated rings. The molecule has 1 aromatic heterocycles. The van der Waals surface area contributed by atoms with E-state index in [-0.39, 0.29) is 0 Å². The van der Waals surface area contributed by atoms with Crippen LogP contribution in [0, 0.1) is 0 Å². The first-order valence-corrected chi connectivity index (χ1v) is 5.69. The van der Waals surface area contributed by atoms with Gasteiger partial charge in [-0.3, -0.25) is 10.0 Å². The summed E-state index contributed by atoms with van der Waals surface area (Å²) in [5.41, 5.74) is 3.49. The minimum atomic E-state index is -0.567. The van der Waals surface area contributed by atoms with Crippen LogP contribution in [0.4, 0.5) is 0 Å². The number of amides is 1. The van der Waals surface area contributed by atoms with Crippen molar-refractivity contribution in [2.45, 2.75) is 0 Å². The van der Waals surface area contributed by atoms with E-state index in [1.807, 2.05) is 30.3 Å². The summed E-state index contributed by atoms with van der Waals surface area (Å²) < 4.78 is 5.33. The lowest BCUT2D eigenvalue weighted by atomic mass is 10.1. The minimum absolute atomic E-state index is 0.343. The molecule has 94 valence electrons. The van der Waals surface area contributed by atoms with Crippen molar-refractivity contribution in [1.82, 2.24) is 10.6 Å². The summed E-state index contributed by atoms with van der Waals surface area (Å²) in [5, 5.41) is 13.3. The van der Waals surface area contributed by atoms with Gasteiger partial charge in [-0.25, -0.2) is 5.48 Å². The van der Waals surface area contributed by atoms with Gasteiger partial charge in [-0.2, -0.15) is 0 Å². The zero-order chi connectivity index (χ0) is 13.2. The normalized spacial score (nSPS) is 10.6. The number of nitrogens with zero attached hydrogens (tertiary/aromatic N) is 1. The number of aromatic nitrogens is 1. The standard InChI is InChI=1S/C14H10N2O3/c17-14(15-18)10-6-7-12-11(8-10)13(19-16-12)9-4-2-1-3-5-9/h1-8,18H,(H,15,17). The molecule has 5 heteroatoms. The summed E-state index contributed by atoms with van der Waals surface area (Å²) in [6.45, 7) is 0. The van der Waals surface area contributed by atoms with E-state index in [1.54, 1.807) is 23.7 Å². The zero-order valence-corrected chi connectivity index (χ0v) is 9.83. The zero-order valence-electron chi connectivity index (χ0n) is 9.83. The van der Waals surface area contributed by atoms with Crippen LogP contribution in [0.15, 0.2) is 53.1 Å². The van der Waals surface area contributed by atoms with Crippen molar-refractivity contribution < 1.29 is 14.5 Å². The molecule has 5 nitrogen and oxygen atoms in total. The first-order valence-electron chi connectivity index (χ1n) is 5.69. The quantitative estimate of drug-likeness (QED) is 0.544. The molecule has 0 spiro atoms. The fourth-order valence-corrected chi connectivity index (χ4v) is 1.95. The molecular weight excluding hydrogens is 244 g/mol. The maximum absolute atomic E-state index is 11.4. The van der Waals surface area contributed by atoms with Gasteiger partial charge in [0.25, 0.3) is 5.91 Å². The van der Waals surface area contributed by atoms with Crippen molar-refractivity contribution in [1.29, 1.82) is 0 Å². The van der Waals surface area contributed by atoms with Crippen LogP contribution in [-0.2, 0) is 0 Å². The van der Waals surface area contributed by atoms with Crippen LogP contribution < -0.4 is 5.48 Å². The smallest absolute Gasteiger partial charge is 0.274 e. The molecule has 0 atom stereocenters. The highest BCUT2D eigenvalue weighted by atomic mass is 16.5. The summed E-state index contributed by atoms with van der Waals surface area (Å²) in [6.07, 6.45) is 0. The van der Waals surface area contributed by atoms with Crippen LogP contribution in [0.1, 0.15) is 10.4 Å². The second-order valence-electron chi connectivity index (χ2n) is 4.05. The molecule has 0 radical (unpaired) electrons. The number of hydrogen-bond acceptors (Lipinski definition) is 4. The molecule has 3 rings (SSSR count). The van der Waals surface area contributed by atoms with Crippen molar-refractivity contribution in [3.05, 3.63) is 54.1 Å². The van der Waals surface area contributed by atoms with Gasteiger partial charge in [0, 0.05) is 11.1 Å². The average Bonchev–Trinajstić information content (AvgIpc) is 2.90. The first-order chi connectivity index (χ1) is 9.29. The lowest BCUT2D eigenvalue weighted by Crippen LogP contribution is -2.18. The molecule has 0 aliphatic rings. The van der Waals surface area contributed by atoms with E-state index < -0.39 is 5.91 Å². The van der Waals surface area contributed by atoms with E-state index in [9.17, 15) is 4.79 Å². The lowest BCUT2D eigenvalue weighted by Gasteiger charge is -1.99. The SMILES string of the molecule is O=C(NO)c1ccc2noc(-c3ccccc3)c2c1. The molecular formula is C14H10N2O3. The predicted molar refractivity (Wildman–Crippen MR) is 68.7 cm³/mol. The molecule has 1 amide bonds. The minimum Gasteiger partial charge on any atom is -0.355 e. The molecule has 1 heterocycles. The Kier molecular flexibility index (Phi) is 2.74. The van der Waals surface area contributed by atoms with Crippen molar-refractivity contribution in [2.75, 3.05) is 0 Å². The Morgan fingerprint density at radius 1 is 1.16 bits per heavy atom. The molecule has 2 N–H and O–H groups in total. The molecule has 3 aromatic rings. The third-order valence-electron chi connectivity index (χ3n) is 2.88. The molecule has 0 saturated heterocycles. The van der Waals surface area contributed by atoms with E-state index in [4.69, 9.17) is 9.73 Å². The van der Waals surface area contributed by atoms with E-state index in [0.29, 0.717) is 16.8 Å². The Balaban J connectivity index is 2.19. The fourth-order valence-electron chi connectivity index (χ4n) is 1.95. The summed E-state index contributed by atoms with van der Waals surface area (Å²) in [5.74, 6) is 0.0327. The van der Waals surface area contributed by atoms with Crippen LogP contribution in [0.25, 0.3) is 22.2 Å². The van der Waals surface area contributed by atoms with Gasteiger partial charge < -0.3 is 4.52 Å².